The Morgan fingerprint density at radius 2 is 1.87 bits per heavy atom. The van der Waals surface area contributed by atoms with Gasteiger partial charge in [-0.25, -0.2) is 4.98 Å². The van der Waals surface area contributed by atoms with Gasteiger partial charge in [0.15, 0.2) is 0 Å². The molecule has 0 saturated carbocycles. The average Bonchev–Trinajstić information content (AvgIpc) is 2.63. The van der Waals surface area contributed by atoms with Gasteiger partial charge in [0.2, 0.25) is 5.88 Å². The standard InChI is InChI=1S/C17H20N4O2/c1-23-16-3-2-14(12-19-16)13-20-8-10-21(11-9-20)17(22)15-4-6-18-7-5-15/h2-7,12H,8-11,13H2,1H3. The molecule has 1 aliphatic rings. The van der Waals surface area contributed by atoms with E-state index in [-0.39, 0.29) is 5.91 Å². The maximum atomic E-state index is 12.4. The molecular formula is C17H20N4O2. The van der Waals surface area contributed by atoms with Crippen LogP contribution in [0.25, 0.3) is 0 Å². The lowest BCUT2D eigenvalue weighted by Gasteiger charge is -2.34. The number of aromatic nitrogens is 2. The Morgan fingerprint density at radius 3 is 2.48 bits per heavy atom. The first-order chi connectivity index (χ1) is 11.3. The number of pyridine rings is 2. The third-order valence-electron chi connectivity index (χ3n) is 4.00. The van der Waals surface area contributed by atoms with Crippen molar-refractivity contribution >= 4 is 5.91 Å². The zero-order valence-electron chi connectivity index (χ0n) is 13.2. The van der Waals surface area contributed by atoms with Crippen molar-refractivity contribution in [1.29, 1.82) is 0 Å². The molecule has 6 nitrogen and oxygen atoms in total. The third-order valence-corrected chi connectivity index (χ3v) is 4.00. The predicted octanol–water partition coefficient (Wildman–Crippen LogP) is 1.44. The fraction of sp³-hybridized carbons (Fsp3) is 0.353. The van der Waals surface area contributed by atoms with Crippen LogP contribution in [0.15, 0.2) is 42.9 Å². The zero-order valence-corrected chi connectivity index (χ0v) is 13.2. The summed E-state index contributed by atoms with van der Waals surface area (Å²) in [5.41, 5.74) is 1.85. The van der Waals surface area contributed by atoms with Crippen LogP contribution in [-0.4, -0.2) is 59.0 Å². The Morgan fingerprint density at radius 1 is 1.13 bits per heavy atom. The first kappa shape index (κ1) is 15.4. The number of amides is 1. The average molecular weight is 312 g/mol. The summed E-state index contributed by atoms with van der Waals surface area (Å²) >= 11 is 0. The van der Waals surface area contributed by atoms with Crippen molar-refractivity contribution in [1.82, 2.24) is 19.8 Å². The van der Waals surface area contributed by atoms with Crippen LogP contribution in [0.3, 0.4) is 0 Å². The Labute approximate surface area is 135 Å². The second-order valence-electron chi connectivity index (χ2n) is 5.51. The lowest BCUT2D eigenvalue weighted by Crippen LogP contribution is -2.48. The molecule has 1 fully saturated rings. The number of rotatable bonds is 4. The van der Waals surface area contributed by atoms with Crippen molar-refractivity contribution < 1.29 is 9.53 Å². The summed E-state index contributed by atoms with van der Waals surface area (Å²) < 4.78 is 5.07. The van der Waals surface area contributed by atoms with Crippen molar-refractivity contribution in [2.24, 2.45) is 0 Å². The van der Waals surface area contributed by atoms with Gasteiger partial charge in [0.1, 0.15) is 0 Å². The molecule has 2 aromatic heterocycles. The quantitative estimate of drug-likeness (QED) is 0.855. The van der Waals surface area contributed by atoms with Crippen molar-refractivity contribution in [2.75, 3.05) is 33.3 Å². The van der Waals surface area contributed by atoms with Crippen molar-refractivity contribution in [3.8, 4) is 5.88 Å². The summed E-state index contributed by atoms with van der Waals surface area (Å²) in [5.74, 6) is 0.708. The van der Waals surface area contributed by atoms with Crippen LogP contribution in [0, 0.1) is 0 Å². The van der Waals surface area contributed by atoms with E-state index in [4.69, 9.17) is 4.74 Å². The summed E-state index contributed by atoms with van der Waals surface area (Å²) in [4.78, 5) is 24.8. The van der Waals surface area contributed by atoms with Crippen LogP contribution in [0.2, 0.25) is 0 Å². The molecule has 23 heavy (non-hydrogen) atoms. The van der Waals surface area contributed by atoms with Crippen LogP contribution in [0.5, 0.6) is 5.88 Å². The van der Waals surface area contributed by atoms with Gasteiger partial charge in [0, 0.05) is 62.9 Å². The third kappa shape index (κ3) is 3.84. The van der Waals surface area contributed by atoms with E-state index in [9.17, 15) is 4.79 Å². The molecule has 0 unspecified atom stereocenters. The topological polar surface area (TPSA) is 58.6 Å². The zero-order chi connectivity index (χ0) is 16.1. The number of hydrogen-bond donors (Lipinski definition) is 0. The van der Waals surface area contributed by atoms with Crippen LogP contribution < -0.4 is 4.74 Å². The molecule has 2 aromatic rings. The normalized spacial score (nSPS) is 15.4. The van der Waals surface area contributed by atoms with Crippen LogP contribution in [0.1, 0.15) is 15.9 Å². The van der Waals surface area contributed by atoms with E-state index in [1.54, 1.807) is 31.6 Å². The highest BCUT2D eigenvalue weighted by atomic mass is 16.5. The van der Waals surface area contributed by atoms with Gasteiger partial charge < -0.3 is 9.64 Å². The molecule has 1 saturated heterocycles. The van der Waals surface area contributed by atoms with E-state index >= 15 is 0 Å². The number of hydrogen-bond acceptors (Lipinski definition) is 5. The Kier molecular flexibility index (Phi) is 4.83. The molecule has 0 bridgehead atoms. The number of piperazine rings is 1. The second-order valence-corrected chi connectivity index (χ2v) is 5.51. The second kappa shape index (κ2) is 7.19. The first-order valence-electron chi connectivity index (χ1n) is 7.67. The summed E-state index contributed by atoms with van der Waals surface area (Å²) in [6.45, 7) is 4.05. The lowest BCUT2D eigenvalue weighted by atomic mass is 10.2. The van der Waals surface area contributed by atoms with E-state index in [0.717, 1.165) is 38.3 Å². The van der Waals surface area contributed by atoms with Gasteiger partial charge in [-0.3, -0.25) is 14.7 Å². The molecule has 0 radical (unpaired) electrons. The smallest absolute Gasteiger partial charge is 0.254 e. The number of ether oxygens (including phenoxy) is 1. The van der Waals surface area contributed by atoms with Crippen LogP contribution >= 0.6 is 0 Å². The maximum absolute atomic E-state index is 12.4. The molecule has 0 atom stereocenters. The number of carbonyl (C=O) groups excluding carboxylic acids is 1. The van der Waals surface area contributed by atoms with Crippen molar-refractivity contribution in [2.45, 2.75) is 6.54 Å². The van der Waals surface area contributed by atoms with Crippen molar-refractivity contribution in [3.63, 3.8) is 0 Å². The molecular weight excluding hydrogens is 292 g/mol. The molecule has 3 rings (SSSR count). The largest absolute Gasteiger partial charge is 0.481 e. The first-order valence-corrected chi connectivity index (χ1v) is 7.67. The van der Waals surface area contributed by atoms with Crippen LogP contribution in [-0.2, 0) is 6.54 Å². The molecule has 1 amide bonds. The predicted molar refractivity (Wildman–Crippen MR) is 86.2 cm³/mol. The van der Waals surface area contributed by atoms with Crippen molar-refractivity contribution in [3.05, 3.63) is 54.0 Å². The monoisotopic (exact) mass is 312 g/mol. The van der Waals surface area contributed by atoms with E-state index < -0.39 is 0 Å². The minimum atomic E-state index is 0.0816. The number of methoxy groups -OCH3 is 1. The van der Waals surface area contributed by atoms with E-state index in [1.165, 1.54) is 0 Å². The molecule has 0 aliphatic carbocycles. The minimum absolute atomic E-state index is 0.0816. The summed E-state index contributed by atoms with van der Waals surface area (Å²) in [6.07, 6.45) is 5.15. The van der Waals surface area contributed by atoms with E-state index in [0.29, 0.717) is 11.4 Å². The van der Waals surface area contributed by atoms with Gasteiger partial charge in [-0.1, -0.05) is 6.07 Å². The molecule has 120 valence electrons. The summed E-state index contributed by atoms with van der Waals surface area (Å²) in [5, 5.41) is 0. The Bertz CT molecular complexity index is 637. The highest BCUT2D eigenvalue weighted by Crippen LogP contribution is 2.12. The minimum Gasteiger partial charge on any atom is -0.481 e. The van der Waals surface area contributed by atoms with Gasteiger partial charge in [-0.05, 0) is 17.7 Å². The van der Waals surface area contributed by atoms with E-state index in [1.807, 2.05) is 23.2 Å². The molecule has 6 heteroatoms. The highest BCUT2D eigenvalue weighted by molar-refractivity contribution is 5.94. The van der Waals surface area contributed by atoms with Gasteiger partial charge >= 0.3 is 0 Å². The van der Waals surface area contributed by atoms with Gasteiger partial charge in [0.25, 0.3) is 5.91 Å². The fourth-order valence-corrected chi connectivity index (χ4v) is 2.67. The van der Waals surface area contributed by atoms with Gasteiger partial charge in [-0.2, -0.15) is 0 Å². The highest BCUT2D eigenvalue weighted by Gasteiger charge is 2.22. The summed E-state index contributed by atoms with van der Waals surface area (Å²) in [7, 11) is 1.61. The number of carbonyl (C=O) groups is 1. The SMILES string of the molecule is COc1ccc(CN2CCN(C(=O)c3ccncc3)CC2)cn1. The Hall–Kier alpha value is -2.47. The molecule has 0 N–H and O–H groups in total. The lowest BCUT2D eigenvalue weighted by molar-refractivity contribution is 0.0628. The molecule has 0 spiro atoms. The van der Waals surface area contributed by atoms with E-state index in [2.05, 4.69) is 14.9 Å². The fourth-order valence-electron chi connectivity index (χ4n) is 2.67. The van der Waals surface area contributed by atoms with Gasteiger partial charge in [0.05, 0.1) is 7.11 Å². The van der Waals surface area contributed by atoms with Gasteiger partial charge in [-0.15, -0.1) is 0 Å². The molecule has 3 heterocycles. The molecule has 0 aromatic carbocycles. The Balaban J connectivity index is 1.53. The summed E-state index contributed by atoms with van der Waals surface area (Å²) in [6, 6.07) is 7.42. The molecule has 1 aliphatic heterocycles. The maximum Gasteiger partial charge on any atom is 0.254 e. The number of nitrogens with zero attached hydrogens (tertiary/aromatic N) is 4. The van der Waals surface area contributed by atoms with Crippen LogP contribution in [0.4, 0.5) is 0 Å².